The number of aromatic nitrogens is 2. The lowest BCUT2D eigenvalue weighted by atomic mass is 10.1. The third kappa shape index (κ3) is 3.91. The molecule has 3 heterocycles. The standard InChI is InChI=1S/C23H25FN4O4/c1-3-32-23(30)18-13-28(15-4-6-16(31-2)7-5-15)21-17(20(18)29)10-19(24)22(26-21)27-9-8-14(11-25)12-27/h4-7,10,13-14H,3,8-9,11-12,25H2,1-2H3. The number of benzene rings is 1. The molecular weight excluding hydrogens is 415 g/mol. The SMILES string of the molecule is CCOC(=O)c1cn(-c2ccc(OC)cc2)c2nc(N3CCC(CN)C3)c(F)cc2c1=O. The largest absolute Gasteiger partial charge is 0.497 e. The van der Waals surface area contributed by atoms with E-state index in [1.807, 2.05) is 4.90 Å². The van der Waals surface area contributed by atoms with Gasteiger partial charge in [0.05, 0.1) is 19.1 Å². The number of fused-ring (bicyclic) bond motifs is 1. The van der Waals surface area contributed by atoms with E-state index < -0.39 is 17.2 Å². The molecule has 1 atom stereocenters. The zero-order valence-corrected chi connectivity index (χ0v) is 18.0. The van der Waals surface area contributed by atoms with Gasteiger partial charge < -0.3 is 24.7 Å². The number of pyridine rings is 2. The number of carbonyl (C=O) groups is 1. The van der Waals surface area contributed by atoms with Gasteiger partial charge in [-0.1, -0.05) is 0 Å². The highest BCUT2D eigenvalue weighted by Crippen LogP contribution is 2.28. The highest BCUT2D eigenvalue weighted by molar-refractivity contribution is 5.94. The number of esters is 1. The monoisotopic (exact) mass is 440 g/mol. The van der Waals surface area contributed by atoms with Crippen molar-refractivity contribution in [1.29, 1.82) is 0 Å². The maximum absolute atomic E-state index is 15.1. The van der Waals surface area contributed by atoms with Crippen LogP contribution >= 0.6 is 0 Å². The van der Waals surface area contributed by atoms with Crippen LogP contribution in [0.15, 0.2) is 41.3 Å². The number of nitrogens with zero attached hydrogens (tertiary/aromatic N) is 3. The van der Waals surface area contributed by atoms with Gasteiger partial charge in [-0.15, -0.1) is 0 Å². The van der Waals surface area contributed by atoms with Gasteiger partial charge in [-0.2, -0.15) is 0 Å². The predicted molar refractivity (Wildman–Crippen MR) is 119 cm³/mol. The molecule has 32 heavy (non-hydrogen) atoms. The number of carbonyl (C=O) groups excluding carboxylic acids is 1. The second-order valence-electron chi connectivity index (χ2n) is 7.66. The molecule has 1 aliphatic heterocycles. The number of nitrogens with two attached hydrogens (primary N) is 1. The molecule has 168 valence electrons. The summed E-state index contributed by atoms with van der Waals surface area (Å²) in [6, 6.07) is 8.18. The number of methoxy groups -OCH3 is 1. The van der Waals surface area contributed by atoms with Crippen LogP contribution < -0.4 is 20.8 Å². The summed E-state index contributed by atoms with van der Waals surface area (Å²) < 4.78 is 26.9. The molecule has 2 aromatic heterocycles. The molecule has 3 aromatic rings. The molecule has 0 saturated carbocycles. The van der Waals surface area contributed by atoms with E-state index in [0.717, 1.165) is 12.5 Å². The van der Waals surface area contributed by atoms with Crippen LogP contribution in [-0.2, 0) is 4.74 Å². The Hall–Kier alpha value is -3.46. The maximum atomic E-state index is 15.1. The van der Waals surface area contributed by atoms with E-state index >= 15 is 4.39 Å². The van der Waals surface area contributed by atoms with Crippen LogP contribution in [0, 0.1) is 11.7 Å². The van der Waals surface area contributed by atoms with Crippen molar-refractivity contribution in [2.75, 3.05) is 38.3 Å². The zero-order chi connectivity index (χ0) is 22.8. The number of anilines is 1. The number of hydrogen-bond donors (Lipinski definition) is 1. The van der Waals surface area contributed by atoms with E-state index in [2.05, 4.69) is 4.98 Å². The first-order valence-corrected chi connectivity index (χ1v) is 10.5. The number of ether oxygens (including phenoxy) is 2. The molecule has 0 spiro atoms. The molecule has 8 nitrogen and oxygen atoms in total. The molecule has 1 saturated heterocycles. The molecule has 1 aromatic carbocycles. The summed E-state index contributed by atoms with van der Waals surface area (Å²) >= 11 is 0. The van der Waals surface area contributed by atoms with Gasteiger partial charge in [0.25, 0.3) is 0 Å². The van der Waals surface area contributed by atoms with Crippen molar-refractivity contribution < 1.29 is 18.7 Å². The molecule has 4 rings (SSSR count). The lowest BCUT2D eigenvalue weighted by Crippen LogP contribution is -2.26. The van der Waals surface area contributed by atoms with Crippen molar-refractivity contribution in [3.05, 3.63) is 58.1 Å². The Kier molecular flexibility index (Phi) is 6.09. The Morgan fingerprint density at radius 2 is 2.06 bits per heavy atom. The normalized spacial score (nSPS) is 15.9. The van der Waals surface area contributed by atoms with E-state index in [9.17, 15) is 9.59 Å². The topological polar surface area (TPSA) is 99.7 Å². The van der Waals surface area contributed by atoms with E-state index in [1.165, 1.54) is 6.20 Å². The van der Waals surface area contributed by atoms with Crippen molar-refractivity contribution in [2.45, 2.75) is 13.3 Å². The van der Waals surface area contributed by atoms with Crippen LogP contribution in [0.2, 0.25) is 0 Å². The van der Waals surface area contributed by atoms with E-state index in [1.54, 1.807) is 42.9 Å². The molecule has 1 unspecified atom stereocenters. The summed E-state index contributed by atoms with van der Waals surface area (Å²) in [4.78, 5) is 31.9. The van der Waals surface area contributed by atoms with Crippen LogP contribution in [0.4, 0.5) is 10.2 Å². The van der Waals surface area contributed by atoms with Crippen LogP contribution in [0.5, 0.6) is 5.75 Å². The van der Waals surface area contributed by atoms with Crippen LogP contribution in [0.3, 0.4) is 0 Å². The summed E-state index contributed by atoms with van der Waals surface area (Å²) in [7, 11) is 1.56. The Labute approximate surface area is 184 Å². The summed E-state index contributed by atoms with van der Waals surface area (Å²) in [5, 5.41) is 0.00203. The first-order valence-electron chi connectivity index (χ1n) is 10.5. The van der Waals surface area contributed by atoms with Gasteiger partial charge in [0.1, 0.15) is 11.3 Å². The average molecular weight is 440 g/mol. The molecule has 0 bridgehead atoms. The molecule has 2 N–H and O–H groups in total. The van der Waals surface area contributed by atoms with Crippen LogP contribution in [0.1, 0.15) is 23.7 Å². The molecule has 0 amide bonds. The highest BCUT2D eigenvalue weighted by Gasteiger charge is 2.27. The van der Waals surface area contributed by atoms with Gasteiger partial charge in [0.15, 0.2) is 17.3 Å². The lowest BCUT2D eigenvalue weighted by molar-refractivity contribution is 0.0524. The maximum Gasteiger partial charge on any atom is 0.343 e. The van der Waals surface area contributed by atoms with Crippen molar-refractivity contribution >= 4 is 22.8 Å². The Morgan fingerprint density at radius 3 is 2.69 bits per heavy atom. The van der Waals surface area contributed by atoms with Crippen molar-refractivity contribution in [1.82, 2.24) is 9.55 Å². The van der Waals surface area contributed by atoms with Gasteiger partial charge in [0, 0.05) is 25.0 Å². The molecule has 9 heteroatoms. The average Bonchev–Trinajstić information content (AvgIpc) is 3.28. The fraction of sp³-hybridized carbons (Fsp3) is 0.348. The molecule has 1 aliphatic rings. The smallest absolute Gasteiger partial charge is 0.343 e. The van der Waals surface area contributed by atoms with Crippen molar-refractivity contribution in [2.24, 2.45) is 11.7 Å². The summed E-state index contributed by atoms with van der Waals surface area (Å²) in [6.07, 6.45) is 2.24. The fourth-order valence-corrected chi connectivity index (χ4v) is 3.95. The molecule has 0 aliphatic carbocycles. The van der Waals surface area contributed by atoms with Crippen molar-refractivity contribution in [3.8, 4) is 11.4 Å². The second kappa shape index (κ2) is 8.96. The summed E-state index contributed by atoms with van der Waals surface area (Å²) in [6.45, 7) is 3.51. The van der Waals surface area contributed by atoms with E-state index in [-0.39, 0.29) is 34.9 Å². The number of rotatable bonds is 6. The Bertz CT molecular complexity index is 1210. The second-order valence-corrected chi connectivity index (χ2v) is 7.66. The van der Waals surface area contributed by atoms with Crippen molar-refractivity contribution in [3.63, 3.8) is 0 Å². The molecule has 0 radical (unpaired) electrons. The minimum atomic E-state index is -0.767. The Morgan fingerprint density at radius 1 is 1.31 bits per heavy atom. The highest BCUT2D eigenvalue weighted by atomic mass is 19.1. The van der Waals surface area contributed by atoms with Crippen LogP contribution in [-0.4, -0.2) is 48.9 Å². The quantitative estimate of drug-likeness (QED) is 0.588. The zero-order valence-electron chi connectivity index (χ0n) is 18.0. The summed E-state index contributed by atoms with van der Waals surface area (Å²) in [5.41, 5.74) is 5.85. The third-order valence-electron chi connectivity index (χ3n) is 5.68. The van der Waals surface area contributed by atoms with Gasteiger partial charge in [-0.25, -0.2) is 14.2 Å². The third-order valence-corrected chi connectivity index (χ3v) is 5.68. The van der Waals surface area contributed by atoms with Gasteiger partial charge in [0.2, 0.25) is 5.43 Å². The predicted octanol–water partition coefficient (Wildman–Crippen LogP) is 2.50. The number of halogens is 1. The van der Waals surface area contributed by atoms with E-state index in [0.29, 0.717) is 31.1 Å². The molecular formula is C23H25FN4O4. The lowest BCUT2D eigenvalue weighted by Gasteiger charge is -2.20. The summed E-state index contributed by atoms with van der Waals surface area (Å²) in [5.74, 6) is -0.304. The number of hydrogen-bond acceptors (Lipinski definition) is 7. The fourth-order valence-electron chi connectivity index (χ4n) is 3.95. The van der Waals surface area contributed by atoms with Crippen LogP contribution in [0.25, 0.3) is 16.7 Å². The molecule has 1 fully saturated rings. The van der Waals surface area contributed by atoms with Gasteiger partial charge in [-0.05, 0) is 56.1 Å². The minimum Gasteiger partial charge on any atom is -0.497 e. The van der Waals surface area contributed by atoms with Gasteiger partial charge >= 0.3 is 5.97 Å². The first-order chi connectivity index (χ1) is 15.5. The van der Waals surface area contributed by atoms with E-state index in [4.69, 9.17) is 15.2 Å². The Balaban J connectivity index is 1.94. The van der Waals surface area contributed by atoms with Gasteiger partial charge in [-0.3, -0.25) is 4.79 Å². The first kappa shape index (κ1) is 21.8. The minimum absolute atomic E-state index is 0.00203.